The third kappa shape index (κ3) is 1.80. The molecule has 0 atom stereocenters. The van der Waals surface area contributed by atoms with Crippen molar-refractivity contribution in [1.82, 2.24) is 9.55 Å². The minimum absolute atomic E-state index is 0.180. The summed E-state index contributed by atoms with van der Waals surface area (Å²) >= 11 is 0. The molecule has 3 aromatic rings. The second kappa shape index (κ2) is 4.80. The highest BCUT2D eigenvalue weighted by Crippen LogP contribution is 2.39. The van der Waals surface area contributed by atoms with Crippen LogP contribution in [-0.2, 0) is 6.54 Å². The molecule has 3 heterocycles. The van der Waals surface area contributed by atoms with Gasteiger partial charge in [-0.15, -0.1) is 0 Å². The highest BCUT2D eigenvalue weighted by atomic mass is 16.7. The molecule has 2 aromatic carbocycles. The van der Waals surface area contributed by atoms with E-state index in [1.165, 1.54) is 0 Å². The SMILES string of the molecule is N#CCn1c(-c2ccc3c(c2)OCO3)nc2cc3c(cc21)OCO3. The first-order valence-corrected chi connectivity index (χ1v) is 7.40. The highest BCUT2D eigenvalue weighted by Gasteiger charge is 2.21. The Labute approximate surface area is 136 Å². The monoisotopic (exact) mass is 321 g/mol. The second-order valence-corrected chi connectivity index (χ2v) is 5.44. The van der Waals surface area contributed by atoms with Crippen molar-refractivity contribution >= 4 is 11.0 Å². The largest absolute Gasteiger partial charge is 0.454 e. The summed E-state index contributed by atoms with van der Waals surface area (Å²) in [6, 6.07) is 11.5. The smallest absolute Gasteiger partial charge is 0.231 e. The highest BCUT2D eigenvalue weighted by molar-refractivity contribution is 5.84. The van der Waals surface area contributed by atoms with Gasteiger partial charge in [0.15, 0.2) is 23.0 Å². The zero-order chi connectivity index (χ0) is 16.1. The molecular weight excluding hydrogens is 310 g/mol. The maximum Gasteiger partial charge on any atom is 0.231 e. The number of hydrogen-bond donors (Lipinski definition) is 0. The second-order valence-electron chi connectivity index (χ2n) is 5.44. The van der Waals surface area contributed by atoms with Crippen LogP contribution >= 0.6 is 0 Å². The number of rotatable bonds is 2. The van der Waals surface area contributed by atoms with Crippen LogP contribution in [0.1, 0.15) is 0 Å². The summed E-state index contributed by atoms with van der Waals surface area (Å²) in [4.78, 5) is 4.68. The van der Waals surface area contributed by atoms with Gasteiger partial charge in [-0.05, 0) is 18.2 Å². The lowest BCUT2D eigenvalue weighted by Crippen LogP contribution is -1.99. The van der Waals surface area contributed by atoms with Crippen molar-refractivity contribution < 1.29 is 18.9 Å². The first kappa shape index (κ1) is 13.1. The number of benzene rings is 2. The molecule has 0 saturated carbocycles. The summed E-state index contributed by atoms with van der Waals surface area (Å²) in [7, 11) is 0. The number of hydrogen-bond acceptors (Lipinski definition) is 6. The summed E-state index contributed by atoms with van der Waals surface area (Å²) in [5.74, 6) is 3.41. The number of imidazole rings is 1. The number of aromatic nitrogens is 2. The molecule has 0 radical (unpaired) electrons. The van der Waals surface area contributed by atoms with Crippen LogP contribution in [0.15, 0.2) is 30.3 Å². The van der Waals surface area contributed by atoms with E-state index in [1.807, 2.05) is 34.9 Å². The summed E-state index contributed by atoms with van der Waals surface area (Å²) in [5.41, 5.74) is 2.43. The Hall–Kier alpha value is -3.40. The van der Waals surface area contributed by atoms with Crippen molar-refractivity contribution in [2.75, 3.05) is 13.6 Å². The van der Waals surface area contributed by atoms with Gasteiger partial charge in [0.2, 0.25) is 13.6 Å². The van der Waals surface area contributed by atoms with Gasteiger partial charge in [0.1, 0.15) is 12.4 Å². The molecule has 0 spiro atoms. The van der Waals surface area contributed by atoms with Gasteiger partial charge in [0.05, 0.1) is 17.1 Å². The van der Waals surface area contributed by atoms with Crippen LogP contribution in [0.3, 0.4) is 0 Å². The van der Waals surface area contributed by atoms with Crippen LogP contribution in [-0.4, -0.2) is 23.1 Å². The standard InChI is InChI=1S/C17H11N3O4/c18-3-4-20-12-7-16-15(23-9-24-16)6-11(12)19-17(20)10-1-2-13-14(5-10)22-8-21-13/h1-2,5-7H,4,8-9H2. The van der Waals surface area contributed by atoms with Crippen molar-refractivity contribution in [2.24, 2.45) is 0 Å². The summed E-state index contributed by atoms with van der Waals surface area (Å²) in [5, 5.41) is 9.22. The summed E-state index contributed by atoms with van der Waals surface area (Å²) in [6.07, 6.45) is 0. The fraction of sp³-hybridized carbons (Fsp3) is 0.176. The Morgan fingerprint density at radius 1 is 0.958 bits per heavy atom. The van der Waals surface area contributed by atoms with E-state index in [0.29, 0.717) is 28.8 Å². The Bertz CT molecular complexity index is 1020. The zero-order valence-corrected chi connectivity index (χ0v) is 12.5. The number of nitrogens with zero attached hydrogens (tertiary/aromatic N) is 3. The van der Waals surface area contributed by atoms with Crippen molar-refractivity contribution in [2.45, 2.75) is 6.54 Å². The van der Waals surface area contributed by atoms with E-state index in [0.717, 1.165) is 16.6 Å². The Kier molecular flexibility index (Phi) is 2.61. The van der Waals surface area contributed by atoms with Crippen molar-refractivity contribution in [3.05, 3.63) is 30.3 Å². The summed E-state index contributed by atoms with van der Waals surface area (Å²) < 4.78 is 23.5. The normalized spacial score (nSPS) is 14.1. The first-order valence-electron chi connectivity index (χ1n) is 7.40. The maximum atomic E-state index is 9.22. The average Bonchev–Trinajstić information content (AvgIpc) is 3.30. The predicted octanol–water partition coefficient (Wildman–Crippen LogP) is 2.68. The molecule has 7 nitrogen and oxygen atoms in total. The van der Waals surface area contributed by atoms with E-state index in [1.54, 1.807) is 0 Å². The molecule has 0 fully saturated rings. The summed E-state index contributed by atoms with van der Waals surface area (Å²) in [6.45, 7) is 0.601. The van der Waals surface area contributed by atoms with E-state index >= 15 is 0 Å². The van der Waals surface area contributed by atoms with Gasteiger partial charge in [0.25, 0.3) is 0 Å². The van der Waals surface area contributed by atoms with Gasteiger partial charge in [-0.3, -0.25) is 0 Å². The van der Waals surface area contributed by atoms with Crippen LogP contribution in [0, 0.1) is 11.3 Å². The molecule has 7 heteroatoms. The van der Waals surface area contributed by atoms with E-state index in [9.17, 15) is 5.26 Å². The van der Waals surface area contributed by atoms with Crippen molar-refractivity contribution in [3.8, 4) is 40.5 Å². The average molecular weight is 321 g/mol. The van der Waals surface area contributed by atoms with E-state index in [4.69, 9.17) is 18.9 Å². The Balaban J connectivity index is 1.73. The molecule has 0 aliphatic carbocycles. The molecule has 0 bridgehead atoms. The molecule has 2 aliphatic rings. The van der Waals surface area contributed by atoms with Gasteiger partial charge >= 0.3 is 0 Å². The van der Waals surface area contributed by atoms with Gasteiger partial charge in [-0.2, -0.15) is 5.26 Å². The van der Waals surface area contributed by atoms with Gasteiger partial charge < -0.3 is 23.5 Å². The Morgan fingerprint density at radius 2 is 1.67 bits per heavy atom. The third-order valence-electron chi connectivity index (χ3n) is 4.10. The predicted molar refractivity (Wildman–Crippen MR) is 83.0 cm³/mol. The van der Waals surface area contributed by atoms with Crippen LogP contribution in [0.2, 0.25) is 0 Å². The Morgan fingerprint density at radius 3 is 2.46 bits per heavy atom. The molecular formula is C17H11N3O4. The maximum absolute atomic E-state index is 9.22. The van der Waals surface area contributed by atoms with Gasteiger partial charge in [-0.1, -0.05) is 0 Å². The third-order valence-corrected chi connectivity index (χ3v) is 4.10. The molecule has 24 heavy (non-hydrogen) atoms. The lowest BCUT2D eigenvalue weighted by molar-refractivity contribution is 0.173. The van der Waals surface area contributed by atoms with Gasteiger partial charge in [0, 0.05) is 17.7 Å². The molecule has 1 aromatic heterocycles. The number of fused-ring (bicyclic) bond motifs is 3. The van der Waals surface area contributed by atoms with Crippen LogP contribution in [0.5, 0.6) is 23.0 Å². The number of ether oxygens (including phenoxy) is 4. The lowest BCUT2D eigenvalue weighted by Gasteiger charge is -2.06. The van der Waals surface area contributed by atoms with E-state index in [-0.39, 0.29) is 20.1 Å². The quantitative estimate of drug-likeness (QED) is 0.722. The fourth-order valence-electron chi connectivity index (χ4n) is 3.00. The van der Waals surface area contributed by atoms with Crippen LogP contribution < -0.4 is 18.9 Å². The zero-order valence-electron chi connectivity index (χ0n) is 12.5. The topological polar surface area (TPSA) is 78.5 Å². The minimum atomic E-state index is 0.180. The fourth-order valence-corrected chi connectivity index (χ4v) is 3.00. The molecule has 5 rings (SSSR count). The molecule has 0 unspecified atom stereocenters. The van der Waals surface area contributed by atoms with Crippen LogP contribution in [0.4, 0.5) is 0 Å². The van der Waals surface area contributed by atoms with Crippen molar-refractivity contribution in [1.29, 1.82) is 5.26 Å². The minimum Gasteiger partial charge on any atom is -0.454 e. The number of nitriles is 1. The molecule has 0 amide bonds. The molecule has 2 aliphatic heterocycles. The van der Waals surface area contributed by atoms with E-state index < -0.39 is 0 Å². The lowest BCUT2D eigenvalue weighted by atomic mass is 10.2. The molecule has 118 valence electrons. The van der Waals surface area contributed by atoms with Crippen molar-refractivity contribution in [3.63, 3.8) is 0 Å². The van der Waals surface area contributed by atoms with Crippen LogP contribution in [0.25, 0.3) is 22.4 Å². The molecule has 0 saturated heterocycles. The first-order chi connectivity index (χ1) is 11.8. The van der Waals surface area contributed by atoms with E-state index in [2.05, 4.69) is 11.1 Å². The molecule has 0 N–H and O–H groups in total. The van der Waals surface area contributed by atoms with Gasteiger partial charge in [-0.25, -0.2) is 4.98 Å².